The Kier molecular flexibility index (Phi) is 6.67. The van der Waals surface area contributed by atoms with Crippen molar-refractivity contribution in [3.63, 3.8) is 0 Å². The van der Waals surface area contributed by atoms with Crippen molar-refractivity contribution in [2.75, 3.05) is 13.1 Å². The van der Waals surface area contributed by atoms with E-state index in [0.717, 1.165) is 42.1 Å². The number of amides is 1. The van der Waals surface area contributed by atoms with Crippen molar-refractivity contribution in [3.05, 3.63) is 65.9 Å². The summed E-state index contributed by atoms with van der Waals surface area (Å²) in [5.74, 6) is -0.0768. The molecule has 1 aliphatic heterocycles. The van der Waals surface area contributed by atoms with Crippen molar-refractivity contribution in [3.8, 4) is 0 Å². The van der Waals surface area contributed by atoms with Gasteiger partial charge in [0.15, 0.2) is 0 Å². The first-order valence-corrected chi connectivity index (χ1v) is 12.8. The third kappa shape index (κ3) is 4.59. The predicted octanol–water partition coefficient (Wildman–Crippen LogP) is 4.26. The summed E-state index contributed by atoms with van der Waals surface area (Å²) < 4.78 is 29.5. The molecule has 1 aliphatic rings. The van der Waals surface area contributed by atoms with E-state index >= 15 is 0 Å². The average molecular weight is 454 g/mol. The second kappa shape index (κ2) is 9.46. The SMILES string of the molecule is CCc1ccc(CNC(=O)[C@@H](C)n2ccc3cc(S(=O)(=O)N4CCCCC4)ccc32)cc1. The third-order valence-corrected chi connectivity index (χ3v) is 8.23. The van der Waals surface area contributed by atoms with Crippen molar-refractivity contribution in [2.45, 2.75) is 57.0 Å². The summed E-state index contributed by atoms with van der Waals surface area (Å²) in [4.78, 5) is 13.1. The van der Waals surface area contributed by atoms with E-state index in [1.165, 1.54) is 5.56 Å². The number of fused-ring (bicyclic) bond motifs is 1. The highest BCUT2D eigenvalue weighted by Crippen LogP contribution is 2.26. The fourth-order valence-electron chi connectivity index (χ4n) is 4.25. The van der Waals surface area contributed by atoms with Crippen molar-refractivity contribution in [1.82, 2.24) is 14.2 Å². The summed E-state index contributed by atoms with van der Waals surface area (Å²) >= 11 is 0. The Labute approximate surface area is 190 Å². The minimum atomic E-state index is -3.48. The molecule has 0 unspecified atom stereocenters. The topological polar surface area (TPSA) is 71.4 Å². The van der Waals surface area contributed by atoms with Gasteiger partial charge in [-0.05, 0) is 61.6 Å². The summed E-state index contributed by atoms with van der Waals surface area (Å²) in [6, 6.07) is 14.9. The number of aryl methyl sites for hydroxylation is 1. The van der Waals surface area contributed by atoms with E-state index in [9.17, 15) is 13.2 Å². The highest BCUT2D eigenvalue weighted by Gasteiger charge is 2.26. The first-order chi connectivity index (χ1) is 15.4. The van der Waals surface area contributed by atoms with E-state index < -0.39 is 16.1 Å². The Morgan fingerprint density at radius 2 is 1.69 bits per heavy atom. The molecule has 7 heteroatoms. The molecular weight excluding hydrogens is 422 g/mol. The number of piperidine rings is 1. The molecule has 3 aromatic rings. The van der Waals surface area contributed by atoms with Gasteiger partial charge in [0.2, 0.25) is 15.9 Å². The van der Waals surface area contributed by atoms with E-state index in [2.05, 4.69) is 24.4 Å². The minimum absolute atomic E-state index is 0.0768. The number of nitrogens with one attached hydrogen (secondary N) is 1. The van der Waals surface area contributed by atoms with Crippen LogP contribution < -0.4 is 5.32 Å². The molecule has 6 nitrogen and oxygen atoms in total. The van der Waals surface area contributed by atoms with Crippen molar-refractivity contribution in [2.24, 2.45) is 0 Å². The first kappa shape index (κ1) is 22.6. The smallest absolute Gasteiger partial charge is 0.243 e. The lowest BCUT2D eigenvalue weighted by Crippen LogP contribution is -2.35. The molecule has 4 rings (SSSR count). The van der Waals surface area contributed by atoms with Crippen molar-refractivity contribution < 1.29 is 13.2 Å². The van der Waals surface area contributed by atoms with Crippen molar-refractivity contribution >= 4 is 26.8 Å². The molecule has 1 aromatic heterocycles. The third-order valence-electron chi connectivity index (χ3n) is 6.34. The van der Waals surface area contributed by atoms with E-state index in [1.54, 1.807) is 22.5 Å². The second-order valence-electron chi connectivity index (χ2n) is 8.47. The maximum atomic E-state index is 13.0. The summed E-state index contributed by atoms with van der Waals surface area (Å²) in [5, 5.41) is 3.82. The highest BCUT2D eigenvalue weighted by molar-refractivity contribution is 7.89. The maximum Gasteiger partial charge on any atom is 0.243 e. The van der Waals surface area contributed by atoms with Gasteiger partial charge >= 0.3 is 0 Å². The molecule has 1 saturated heterocycles. The first-order valence-electron chi connectivity index (χ1n) is 11.4. The average Bonchev–Trinajstić information content (AvgIpc) is 3.26. The van der Waals surface area contributed by atoms with E-state index in [4.69, 9.17) is 0 Å². The highest BCUT2D eigenvalue weighted by atomic mass is 32.2. The van der Waals surface area contributed by atoms with Gasteiger partial charge in [-0.2, -0.15) is 4.31 Å². The molecule has 0 spiro atoms. The van der Waals surface area contributed by atoms with E-state index in [1.807, 2.05) is 35.9 Å². The van der Waals surface area contributed by atoms with Gasteiger partial charge in [-0.15, -0.1) is 0 Å². The van der Waals surface area contributed by atoms with Gasteiger partial charge in [0, 0.05) is 36.7 Å². The van der Waals surface area contributed by atoms with Gasteiger partial charge in [0.25, 0.3) is 0 Å². The van der Waals surface area contributed by atoms with Gasteiger partial charge in [-0.25, -0.2) is 8.42 Å². The van der Waals surface area contributed by atoms with Crippen LogP contribution in [0.15, 0.2) is 59.6 Å². The normalized spacial score (nSPS) is 16.2. The number of sulfonamides is 1. The number of hydrogen-bond acceptors (Lipinski definition) is 3. The van der Waals surface area contributed by atoms with Gasteiger partial charge in [0.05, 0.1) is 4.90 Å². The fraction of sp³-hybridized carbons (Fsp3) is 0.400. The Bertz CT molecular complexity index is 1190. The molecule has 0 radical (unpaired) electrons. The predicted molar refractivity (Wildman–Crippen MR) is 127 cm³/mol. The molecule has 2 aromatic carbocycles. The molecule has 32 heavy (non-hydrogen) atoms. The number of carbonyl (C=O) groups excluding carboxylic acids is 1. The number of benzene rings is 2. The lowest BCUT2D eigenvalue weighted by molar-refractivity contribution is -0.123. The van der Waals surface area contributed by atoms with Crippen LogP contribution in [0, 0.1) is 0 Å². The van der Waals surface area contributed by atoms with Crippen LogP contribution in [-0.2, 0) is 27.8 Å². The molecule has 1 fully saturated rings. The molecule has 170 valence electrons. The number of aromatic nitrogens is 1. The van der Waals surface area contributed by atoms with E-state index in [0.29, 0.717) is 24.5 Å². The van der Waals surface area contributed by atoms with Crippen LogP contribution in [0.25, 0.3) is 10.9 Å². The molecule has 0 bridgehead atoms. The quantitative estimate of drug-likeness (QED) is 0.581. The van der Waals surface area contributed by atoms with Crippen LogP contribution in [-0.4, -0.2) is 36.3 Å². The summed E-state index contributed by atoms with van der Waals surface area (Å²) in [7, 11) is -3.48. The molecule has 2 heterocycles. The zero-order valence-electron chi connectivity index (χ0n) is 18.8. The lowest BCUT2D eigenvalue weighted by Gasteiger charge is -2.26. The Morgan fingerprint density at radius 1 is 1.00 bits per heavy atom. The molecule has 1 N–H and O–H groups in total. The van der Waals surface area contributed by atoms with Crippen molar-refractivity contribution in [1.29, 1.82) is 0 Å². The standard InChI is InChI=1S/C25H31N3O3S/c1-3-20-7-9-21(10-8-20)18-26-25(29)19(2)28-16-13-22-17-23(11-12-24(22)28)32(30,31)27-14-5-4-6-15-27/h7-13,16-17,19H,3-6,14-15,18H2,1-2H3,(H,26,29)/t19-/m1/s1. The number of hydrogen-bond donors (Lipinski definition) is 1. The zero-order chi connectivity index (χ0) is 22.7. The van der Waals surface area contributed by atoms with Gasteiger partial charge in [-0.1, -0.05) is 37.6 Å². The van der Waals surface area contributed by atoms with Crippen LogP contribution in [0.3, 0.4) is 0 Å². The van der Waals surface area contributed by atoms with Crippen LogP contribution in [0.1, 0.15) is 50.3 Å². The summed E-state index contributed by atoms with van der Waals surface area (Å²) in [6.07, 6.45) is 5.74. The van der Waals surface area contributed by atoms with Crippen LogP contribution >= 0.6 is 0 Å². The Morgan fingerprint density at radius 3 is 2.38 bits per heavy atom. The van der Waals surface area contributed by atoms with Crippen LogP contribution in [0.2, 0.25) is 0 Å². The molecule has 1 atom stereocenters. The molecule has 0 aliphatic carbocycles. The largest absolute Gasteiger partial charge is 0.350 e. The van der Waals surface area contributed by atoms with Crippen LogP contribution in [0.4, 0.5) is 0 Å². The minimum Gasteiger partial charge on any atom is -0.350 e. The lowest BCUT2D eigenvalue weighted by atomic mass is 10.1. The Hall–Kier alpha value is -2.64. The molecular formula is C25H31N3O3S. The number of rotatable bonds is 7. The Balaban J connectivity index is 1.48. The zero-order valence-corrected chi connectivity index (χ0v) is 19.6. The number of carbonyl (C=O) groups is 1. The fourth-order valence-corrected chi connectivity index (χ4v) is 5.80. The van der Waals surface area contributed by atoms with Gasteiger partial charge in [0.1, 0.15) is 6.04 Å². The molecule has 0 saturated carbocycles. The summed E-state index contributed by atoms with van der Waals surface area (Å²) in [5.41, 5.74) is 3.18. The second-order valence-corrected chi connectivity index (χ2v) is 10.4. The summed E-state index contributed by atoms with van der Waals surface area (Å²) in [6.45, 7) is 5.61. The van der Waals surface area contributed by atoms with Crippen LogP contribution in [0.5, 0.6) is 0 Å². The van der Waals surface area contributed by atoms with Gasteiger partial charge < -0.3 is 9.88 Å². The molecule has 1 amide bonds. The monoisotopic (exact) mass is 453 g/mol. The van der Waals surface area contributed by atoms with Gasteiger partial charge in [-0.3, -0.25) is 4.79 Å². The number of nitrogens with zero attached hydrogens (tertiary/aromatic N) is 2. The maximum absolute atomic E-state index is 13.0. The van der Waals surface area contributed by atoms with E-state index in [-0.39, 0.29) is 5.91 Å².